The van der Waals surface area contributed by atoms with E-state index in [2.05, 4.69) is 0 Å². The van der Waals surface area contributed by atoms with Gasteiger partial charge in [-0.1, -0.05) is 43.0 Å². The standard InChI is InChI=1S/C25H29ClN2O7S/c1-33-21-13-12-18(14-19(21)26)36(31,32)28(17-8-4-3-5-9-17)16-24(29)27-15-23(25(30)34-2)35-22-11-7-6-10-20(22)27/h6-7,10-14,17,23H,3-5,8-9,15-16H2,1-2H3/t23-/m0/s1. The lowest BCUT2D eigenvalue weighted by Gasteiger charge is -2.37. The highest BCUT2D eigenvalue weighted by molar-refractivity contribution is 7.89. The van der Waals surface area contributed by atoms with Gasteiger partial charge in [0, 0.05) is 6.04 Å². The Balaban J connectivity index is 1.68. The second-order valence-corrected chi connectivity index (χ2v) is 11.0. The summed E-state index contributed by atoms with van der Waals surface area (Å²) >= 11 is 6.23. The van der Waals surface area contributed by atoms with Crippen molar-refractivity contribution in [3.8, 4) is 11.5 Å². The molecular weight excluding hydrogens is 508 g/mol. The van der Waals surface area contributed by atoms with E-state index in [9.17, 15) is 18.0 Å². The Morgan fingerprint density at radius 1 is 1.11 bits per heavy atom. The van der Waals surface area contributed by atoms with E-state index in [4.69, 9.17) is 25.8 Å². The SMILES string of the molecule is COC(=O)[C@@H]1CN(C(=O)CN(C2CCCCC2)S(=O)(=O)c2ccc(OC)c(Cl)c2)c2ccccc2O1. The average Bonchev–Trinajstić information content (AvgIpc) is 2.90. The summed E-state index contributed by atoms with van der Waals surface area (Å²) in [6, 6.07) is 10.8. The first-order chi connectivity index (χ1) is 17.3. The van der Waals surface area contributed by atoms with Crippen LogP contribution in [0.15, 0.2) is 47.4 Å². The summed E-state index contributed by atoms with van der Waals surface area (Å²) in [5, 5.41) is 0.163. The number of ether oxygens (including phenoxy) is 3. The summed E-state index contributed by atoms with van der Waals surface area (Å²) in [5.41, 5.74) is 0.469. The lowest BCUT2D eigenvalue weighted by Crippen LogP contribution is -2.52. The van der Waals surface area contributed by atoms with Crippen LogP contribution in [0.2, 0.25) is 5.02 Å². The maximum Gasteiger partial charge on any atom is 0.348 e. The zero-order chi connectivity index (χ0) is 25.9. The molecule has 1 aliphatic carbocycles. The fourth-order valence-corrected chi connectivity index (χ4v) is 6.65. The van der Waals surface area contributed by atoms with Crippen molar-refractivity contribution in [2.75, 3.05) is 32.2 Å². The highest BCUT2D eigenvalue weighted by Crippen LogP contribution is 2.35. The van der Waals surface area contributed by atoms with Crippen molar-refractivity contribution >= 4 is 39.2 Å². The van der Waals surface area contributed by atoms with Crippen LogP contribution < -0.4 is 14.4 Å². The second-order valence-electron chi connectivity index (χ2n) is 8.74. The number of rotatable bonds is 7. The maximum atomic E-state index is 13.8. The monoisotopic (exact) mass is 536 g/mol. The van der Waals surface area contributed by atoms with E-state index in [1.54, 1.807) is 24.3 Å². The van der Waals surface area contributed by atoms with Gasteiger partial charge in [-0.3, -0.25) is 4.79 Å². The average molecular weight is 537 g/mol. The van der Waals surface area contributed by atoms with Gasteiger partial charge in [-0.2, -0.15) is 4.31 Å². The van der Waals surface area contributed by atoms with Crippen LogP contribution in [-0.4, -0.2) is 64.1 Å². The lowest BCUT2D eigenvalue weighted by molar-refractivity contribution is -0.148. The number of amides is 1. The minimum absolute atomic E-state index is 0.0125. The second kappa shape index (κ2) is 11.1. The molecule has 11 heteroatoms. The van der Waals surface area contributed by atoms with Gasteiger partial charge in [0.05, 0.1) is 42.9 Å². The molecule has 0 aromatic heterocycles. The summed E-state index contributed by atoms with van der Waals surface area (Å²) in [6.07, 6.45) is 3.05. The molecule has 1 aliphatic heterocycles. The number of anilines is 1. The van der Waals surface area contributed by atoms with Crippen molar-refractivity contribution in [2.45, 2.75) is 49.1 Å². The number of fused-ring (bicyclic) bond motifs is 1. The van der Waals surface area contributed by atoms with Gasteiger partial charge < -0.3 is 19.1 Å². The van der Waals surface area contributed by atoms with Crippen molar-refractivity contribution in [3.05, 3.63) is 47.5 Å². The molecule has 36 heavy (non-hydrogen) atoms. The first kappa shape index (κ1) is 26.2. The first-order valence-electron chi connectivity index (χ1n) is 11.8. The summed E-state index contributed by atoms with van der Waals surface area (Å²) in [6.45, 7) is -0.478. The molecule has 2 aromatic rings. The van der Waals surface area contributed by atoms with E-state index in [0.29, 0.717) is 30.0 Å². The molecule has 0 unspecified atom stereocenters. The predicted octanol–water partition coefficient (Wildman–Crippen LogP) is 3.64. The largest absolute Gasteiger partial charge is 0.495 e. The summed E-state index contributed by atoms with van der Waals surface area (Å²) in [4.78, 5) is 27.3. The van der Waals surface area contributed by atoms with Crippen molar-refractivity contribution in [3.63, 3.8) is 0 Å². The van der Waals surface area contributed by atoms with Gasteiger partial charge in [0.2, 0.25) is 22.0 Å². The number of para-hydroxylation sites is 2. The fourth-order valence-electron chi connectivity index (χ4n) is 4.67. The smallest absolute Gasteiger partial charge is 0.348 e. The van der Waals surface area contributed by atoms with E-state index < -0.39 is 34.5 Å². The minimum Gasteiger partial charge on any atom is -0.495 e. The maximum absolute atomic E-state index is 13.8. The van der Waals surface area contributed by atoms with Crippen molar-refractivity contribution < 1.29 is 32.2 Å². The molecule has 1 atom stereocenters. The van der Waals surface area contributed by atoms with Crippen LogP contribution in [0.1, 0.15) is 32.1 Å². The Bertz CT molecular complexity index is 1230. The molecule has 9 nitrogen and oxygen atoms in total. The highest BCUT2D eigenvalue weighted by atomic mass is 35.5. The molecule has 1 heterocycles. The van der Waals surface area contributed by atoms with Crippen molar-refractivity contribution in [1.82, 2.24) is 4.31 Å². The minimum atomic E-state index is -4.07. The van der Waals surface area contributed by atoms with Crippen molar-refractivity contribution in [1.29, 1.82) is 0 Å². The van der Waals surface area contributed by atoms with E-state index in [-0.39, 0.29) is 22.5 Å². The Morgan fingerprint density at radius 2 is 1.83 bits per heavy atom. The molecule has 2 aromatic carbocycles. The zero-order valence-corrected chi connectivity index (χ0v) is 21.8. The third kappa shape index (κ3) is 5.30. The molecule has 2 aliphatic rings. The zero-order valence-electron chi connectivity index (χ0n) is 20.2. The van der Waals surface area contributed by atoms with Crippen LogP contribution in [-0.2, 0) is 24.3 Å². The number of methoxy groups -OCH3 is 2. The molecule has 0 bridgehead atoms. The van der Waals surface area contributed by atoms with Gasteiger partial charge in [-0.15, -0.1) is 0 Å². The molecule has 1 fully saturated rings. The summed E-state index contributed by atoms with van der Waals surface area (Å²) in [5.74, 6) is -0.378. The Morgan fingerprint density at radius 3 is 2.50 bits per heavy atom. The number of hydrogen-bond donors (Lipinski definition) is 0. The number of benzene rings is 2. The van der Waals surface area contributed by atoms with Gasteiger partial charge in [0.15, 0.2) is 0 Å². The molecule has 0 N–H and O–H groups in total. The van der Waals surface area contributed by atoms with E-state index in [0.717, 1.165) is 19.3 Å². The van der Waals surface area contributed by atoms with Gasteiger partial charge in [0.1, 0.15) is 11.5 Å². The summed E-state index contributed by atoms with van der Waals surface area (Å²) < 4.78 is 44.6. The number of carbonyl (C=O) groups excluding carboxylic acids is 2. The van der Waals surface area contributed by atoms with Crippen LogP contribution in [0.25, 0.3) is 0 Å². The third-order valence-electron chi connectivity index (χ3n) is 6.54. The van der Waals surface area contributed by atoms with Crippen LogP contribution in [0.4, 0.5) is 5.69 Å². The van der Waals surface area contributed by atoms with Crippen LogP contribution in [0.3, 0.4) is 0 Å². The molecule has 0 radical (unpaired) electrons. The number of halogens is 1. The Labute approximate surface area is 215 Å². The fraction of sp³-hybridized carbons (Fsp3) is 0.440. The third-order valence-corrected chi connectivity index (χ3v) is 8.73. The first-order valence-corrected chi connectivity index (χ1v) is 13.6. The highest BCUT2D eigenvalue weighted by Gasteiger charge is 2.39. The molecule has 0 saturated heterocycles. The molecule has 0 spiro atoms. The van der Waals surface area contributed by atoms with Crippen LogP contribution in [0, 0.1) is 0 Å². The lowest BCUT2D eigenvalue weighted by atomic mass is 9.95. The molecular formula is C25H29ClN2O7S. The number of carbonyl (C=O) groups is 2. The van der Waals surface area contributed by atoms with E-state index in [1.165, 1.54) is 41.6 Å². The molecule has 1 saturated carbocycles. The number of nitrogens with zero attached hydrogens (tertiary/aromatic N) is 2. The van der Waals surface area contributed by atoms with Crippen LogP contribution >= 0.6 is 11.6 Å². The molecule has 1 amide bonds. The van der Waals surface area contributed by atoms with Gasteiger partial charge in [-0.05, 0) is 43.2 Å². The Hall–Kier alpha value is -2.82. The van der Waals surface area contributed by atoms with Crippen LogP contribution in [0.5, 0.6) is 11.5 Å². The quantitative estimate of drug-likeness (QED) is 0.498. The number of esters is 1. The van der Waals surface area contributed by atoms with Crippen molar-refractivity contribution in [2.24, 2.45) is 0 Å². The predicted molar refractivity (Wildman–Crippen MR) is 134 cm³/mol. The Kier molecular flexibility index (Phi) is 8.07. The molecule has 194 valence electrons. The topological polar surface area (TPSA) is 102 Å². The number of sulfonamides is 1. The molecule has 4 rings (SSSR count). The number of hydrogen-bond acceptors (Lipinski definition) is 7. The summed E-state index contributed by atoms with van der Waals surface area (Å²) in [7, 11) is -1.38. The van der Waals surface area contributed by atoms with Gasteiger partial charge in [0.25, 0.3) is 0 Å². The van der Waals surface area contributed by atoms with E-state index >= 15 is 0 Å². The normalized spacial score (nSPS) is 18.3. The van der Waals surface area contributed by atoms with Gasteiger partial charge in [-0.25, -0.2) is 13.2 Å². The van der Waals surface area contributed by atoms with Gasteiger partial charge >= 0.3 is 5.97 Å². The van der Waals surface area contributed by atoms with E-state index in [1.807, 2.05) is 0 Å².